The Morgan fingerprint density at radius 1 is 1.33 bits per heavy atom. The van der Waals surface area contributed by atoms with E-state index in [1.807, 2.05) is 0 Å². The summed E-state index contributed by atoms with van der Waals surface area (Å²) < 4.78 is 5.45. The van der Waals surface area contributed by atoms with Crippen molar-refractivity contribution in [3.05, 3.63) is 40.2 Å². The van der Waals surface area contributed by atoms with E-state index in [2.05, 4.69) is 15.1 Å². The highest BCUT2D eigenvalue weighted by Crippen LogP contribution is 2.32. The topological polar surface area (TPSA) is 90.5 Å². The van der Waals surface area contributed by atoms with Gasteiger partial charge in [-0.15, -0.1) is 4.91 Å². The number of rotatable bonds is 3. The minimum absolute atomic E-state index is 0.130. The van der Waals surface area contributed by atoms with Crippen LogP contribution in [0.4, 0.5) is 11.4 Å². The molecular weight excluding hydrogens is 256 g/mol. The fourth-order valence-electron chi connectivity index (χ4n) is 1.38. The summed E-state index contributed by atoms with van der Waals surface area (Å²) in [5, 5.41) is 3.10. The van der Waals surface area contributed by atoms with Crippen LogP contribution in [0.25, 0.3) is 0 Å². The van der Waals surface area contributed by atoms with Gasteiger partial charge in [0.2, 0.25) is 5.88 Å². The molecule has 92 valence electrons. The van der Waals surface area contributed by atoms with Crippen molar-refractivity contribution in [1.29, 1.82) is 0 Å². The fraction of sp³-hybridized carbons (Fsp3) is 0.0909. The lowest BCUT2D eigenvalue weighted by atomic mass is 10.1. The van der Waals surface area contributed by atoms with Gasteiger partial charge in [-0.25, -0.2) is 9.97 Å². The summed E-state index contributed by atoms with van der Waals surface area (Å²) in [6.45, 7) is 1.75. The molecule has 0 radical (unpaired) electrons. The molecule has 0 aliphatic rings. The number of hydrogen-bond donors (Lipinski definition) is 1. The minimum atomic E-state index is 0.130. The summed E-state index contributed by atoms with van der Waals surface area (Å²) in [6.07, 6.45) is 1.28. The molecule has 0 saturated heterocycles. The Hall–Kier alpha value is -2.21. The van der Waals surface area contributed by atoms with Crippen molar-refractivity contribution in [1.82, 2.24) is 9.97 Å². The Labute approximate surface area is 108 Å². The molecule has 6 nitrogen and oxygen atoms in total. The maximum Gasteiger partial charge on any atom is 0.223 e. The van der Waals surface area contributed by atoms with Crippen LogP contribution in [-0.2, 0) is 0 Å². The molecule has 1 aromatic heterocycles. The van der Waals surface area contributed by atoms with Crippen LogP contribution < -0.4 is 10.5 Å². The average Bonchev–Trinajstić information content (AvgIpc) is 2.33. The Bertz CT molecular complexity index is 604. The van der Waals surface area contributed by atoms with Crippen LogP contribution in [0.3, 0.4) is 0 Å². The molecule has 2 N–H and O–H groups in total. The molecule has 1 aromatic carbocycles. The van der Waals surface area contributed by atoms with Crippen molar-refractivity contribution in [2.45, 2.75) is 6.92 Å². The molecule has 18 heavy (non-hydrogen) atoms. The lowest BCUT2D eigenvalue weighted by molar-refractivity contribution is 0.461. The number of nitroso groups, excluding NO2 is 1. The SMILES string of the molecule is Cc1cc(Oc2cc(Cl)ncn2)cc(N=O)c1N. The first-order chi connectivity index (χ1) is 8.60. The first-order valence-corrected chi connectivity index (χ1v) is 5.37. The Morgan fingerprint density at radius 3 is 2.78 bits per heavy atom. The summed E-state index contributed by atoms with van der Waals surface area (Å²) in [5.74, 6) is 0.682. The van der Waals surface area contributed by atoms with E-state index < -0.39 is 0 Å². The normalized spacial score (nSPS) is 10.1. The van der Waals surface area contributed by atoms with Crippen LogP contribution in [-0.4, -0.2) is 9.97 Å². The van der Waals surface area contributed by atoms with Gasteiger partial charge in [0.05, 0.1) is 5.69 Å². The Kier molecular flexibility index (Phi) is 3.38. The zero-order chi connectivity index (χ0) is 13.1. The molecule has 7 heteroatoms. The third-order valence-corrected chi connectivity index (χ3v) is 2.47. The van der Waals surface area contributed by atoms with E-state index in [9.17, 15) is 4.91 Å². The summed E-state index contributed by atoms with van der Waals surface area (Å²) in [7, 11) is 0. The smallest absolute Gasteiger partial charge is 0.223 e. The van der Waals surface area contributed by atoms with Gasteiger partial charge < -0.3 is 10.5 Å². The number of aryl methyl sites for hydroxylation is 1. The molecule has 0 atom stereocenters. The average molecular weight is 265 g/mol. The second kappa shape index (κ2) is 4.97. The summed E-state index contributed by atoms with van der Waals surface area (Å²) >= 11 is 5.71. The van der Waals surface area contributed by atoms with Crippen LogP contribution >= 0.6 is 11.6 Å². The number of anilines is 1. The van der Waals surface area contributed by atoms with E-state index in [1.54, 1.807) is 13.0 Å². The molecule has 0 spiro atoms. The molecule has 2 aromatic rings. The standard InChI is InChI=1S/C11H9ClN4O2/c1-6-2-7(3-8(16-17)11(6)13)18-10-4-9(12)14-5-15-10/h2-5H,13H2,1H3. The first-order valence-electron chi connectivity index (χ1n) is 4.99. The molecule has 2 rings (SSSR count). The van der Waals surface area contributed by atoms with E-state index in [0.29, 0.717) is 17.0 Å². The van der Waals surface area contributed by atoms with E-state index in [0.717, 1.165) is 0 Å². The third kappa shape index (κ3) is 2.54. The largest absolute Gasteiger partial charge is 0.439 e. The lowest BCUT2D eigenvalue weighted by Crippen LogP contribution is -1.93. The van der Waals surface area contributed by atoms with Gasteiger partial charge in [0, 0.05) is 12.1 Å². The van der Waals surface area contributed by atoms with Gasteiger partial charge in [-0.1, -0.05) is 11.6 Å². The molecule has 0 fully saturated rings. The van der Waals surface area contributed by atoms with Crippen molar-refractivity contribution >= 4 is 23.0 Å². The molecule has 0 saturated carbocycles. The van der Waals surface area contributed by atoms with Crippen LogP contribution in [0, 0.1) is 11.8 Å². The van der Waals surface area contributed by atoms with E-state index in [4.69, 9.17) is 22.1 Å². The van der Waals surface area contributed by atoms with Crippen LogP contribution in [0.1, 0.15) is 5.56 Å². The molecule has 0 unspecified atom stereocenters. The number of ether oxygens (including phenoxy) is 1. The van der Waals surface area contributed by atoms with Gasteiger partial charge in [-0.2, -0.15) is 0 Å². The molecule has 1 heterocycles. The van der Waals surface area contributed by atoms with Gasteiger partial charge in [-0.3, -0.25) is 0 Å². The van der Waals surface area contributed by atoms with Crippen LogP contribution in [0.5, 0.6) is 11.6 Å². The van der Waals surface area contributed by atoms with Crippen molar-refractivity contribution in [3.8, 4) is 11.6 Å². The van der Waals surface area contributed by atoms with Crippen molar-refractivity contribution < 1.29 is 4.74 Å². The molecule has 0 amide bonds. The molecule has 0 bridgehead atoms. The van der Waals surface area contributed by atoms with Gasteiger partial charge in [0.1, 0.15) is 22.9 Å². The van der Waals surface area contributed by atoms with E-state index >= 15 is 0 Å². The molecule has 0 aliphatic carbocycles. The zero-order valence-corrected chi connectivity index (χ0v) is 10.2. The predicted octanol–water partition coefficient (Wildman–Crippen LogP) is 3.21. The number of nitrogens with zero attached hydrogens (tertiary/aromatic N) is 3. The third-order valence-electron chi connectivity index (χ3n) is 2.27. The number of nitrogens with two attached hydrogens (primary N) is 1. The summed E-state index contributed by atoms with van der Waals surface area (Å²) in [6, 6.07) is 4.58. The molecule has 0 aliphatic heterocycles. The van der Waals surface area contributed by atoms with Gasteiger partial charge in [-0.05, 0) is 23.7 Å². The second-order valence-corrected chi connectivity index (χ2v) is 3.93. The van der Waals surface area contributed by atoms with E-state index in [1.165, 1.54) is 18.5 Å². The number of hydrogen-bond acceptors (Lipinski definition) is 6. The number of halogens is 1. The number of benzene rings is 1. The maximum absolute atomic E-state index is 10.6. The van der Waals surface area contributed by atoms with Crippen LogP contribution in [0.15, 0.2) is 29.7 Å². The van der Waals surface area contributed by atoms with Crippen molar-refractivity contribution in [3.63, 3.8) is 0 Å². The highest BCUT2D eigenvalue weighted by atomic mass is 35.5. The van der Waals surface area contributed by atoms with Crippen molar-refractivity contribution in [2.24, 2.45) is 5.18 Å². The van der Waals surface area contributed by atoms with Gasteiger partial charge in [0.25, 0.3) is 0 Å². The minimum Gasteiger partial charge on any atom is -0.439 e. The maximum atomic E-state index is 10.6. The quantitative estimate of drug-likeness (QED) is 0.522. The first kappa shape index (κ1) is 12.3. The highest BCUT2D eigenvalue weighted by Gasteiger charge is 2.08. The van der Waals surface area contributed by atoms with Crippen molar-refractivity contribution in [2.75, 3.05) is 5.73 Å². The van der Waals surface area contributed by atoms with Crippen LogP contribution in [0.2, 0.25) is 5.15 Å². The molecular formula is C11H9ClN4O2. The van der Waals surface area contributed by atoms with E-state index in [-0.39, 0.29) is 16.7 Å². The Balaban J connectivity index is 2.35. The number of nitrogen functional groups attached to an aromatic ring is 1. The second-order valence-electron chi connectivity index (χ2n) is 3.55. The summed E-state index contributed by atoms with van der Waals surface area (Å²) in [5.41, 5.74) is 6.84. The summed E-state index contributed by atoms with van der Waals surface area (Å²) in [4.78, 5) is 18.2. The fourth-order valence-corrected chi connectivity index (χ4v) is 1.51. The van der Waals surface area contributed by atoms with Gasteiger partial charge >= 0.3 is 0 Å². The number of aromatic nitrogens is 2. The van der Waals surface area contributed by atoms with Gasteiger partial charge in [0.15, 0.2) is 0 Å². The predicted molar refractivity (Wildman–Crippen MR) is 68.2 cm³/mol. The monoisotopic (exact) mass is 264 g/mol. The lowest BCUT2D eigenvalue weighted by Gasteiger charge is -2.08. The Morgan fingerprint density at radius 2 is 2.11 bits per heavy atom. The zero-order valence-electron chi connectivity index (χ0n) is 9.42. The highest BCUT2D eigenvalue weighted by molar-refractivity contribution is 6.29.